The van der Waals surface area contributed by atoms with E-state index in [1.165, 1.54) is 30.0 Å². The van der Waals surface area contributed by atoms with Gasteiger partial charge in [0.2, 0.25) is 5.91 Å². The molecule has 19 heavy (non-hydrogen) atoms. The Labute approximate surface area is 116 Å². The number of rotatable bonds is 3. The van der Waals surface area contributed by atoms with Gasteiger partial charge in [0, 0.05) is 23.7 Å². The average Bonchev–Trinajstić information content (AvgIpc) is 2.39. The Bertz CT molecular complexity index is 470. The molecule has 1 fully saturated rings. The van der Waals surface area contributed by atoms with Crippen LogP contribution in [0.5, 0.6) is 0 Å². The molecule has 0 spiro atoms. The Morgan fingerprint density at radius 2 is 2.42 bits per heavy atom. The van der Waals surface area contributed by atoms with E-state index in [1.54, 1.807) is 4.90 Å². The van der Waals surface area contributed by atoms with Crippen LogP contribution < -0.4 is 5.73 Å². The van der Waals surface area contributed by atoms with E-state index in [0.717, 1.165) is 0 Å². The average molecular weight is 284 g/mol. The van der Waals surface area contributed by atoms with Crippen LogP contribution in [0.15, 0.2) is 23.1 Å². The lowest BCUT2D eigenvalue weighted by Crippen LogP contribution is -2.45. The van der Waals surface area contributed by atoms with Crippen LogP contribution in [0.1, 0.15) is 6.92 Å². The second-order valence-electron chi connectivity index (χ2n) is 4.49. The first-order chi connectivity index (χ1) is 9.06. The fourth-order valence-corrected chi connectivity index (χ4v) is 2.80. The van der Waals surface area contributed by atoms with Gasteiger partial charge in [0.1, 0.15) is 5.82 Å². The Kier molecular flexibility index (Phi) is 4.66. The van der Waals surface area contributed by atoms with Crippen molar-refractivity contribution in [3.8, 4) is 0 Å². The quantitative estimate of drug-likeness (QED) is 0.678. The van der Waals surface area contributed by atoms with Crippen molar-refractivity contribution < 1.29 is 13.9 Å². The highest BCUT2D eigenvalue weighted by Gasteiger charge is 2.21. The first kappa shape index (κ1) is 14.1. The number of nitrogens with two attached hydrogens (primary N) is 1. The van der Waals surface area contributed by atoms with Gasteiger partial charge in [0.25, 0.3) is 0 Å². The predicted octanol–water partition coefficient (Wildman–Crippen LogP) is 1.75. The number of benzene rings is 1. The fraction of sp³-hybridized carbons (Fsp3) is 0.462. The van der Waals surface area contributed by atoms with Crippen LogP contribution in [0.4, 0.5) is 10.1 Å². The molecular formula is C13H17FN2O2S. The van der Waals surface area contributed by atoms with Crippen molar-refractivity contribution in [2.75, 3.05) is 31.2 Å². The highest BCUT2D eigenvalue weighted by Crippen LogP contribution is 2.26. The number of nitrogen functional groups attached to an aromatic ring is 1. The number of nitrogens with zero attached hydrogens (tertiary/aromatic N) is 1. The second-order valence-corrected chi connectivity index (χ2v) is 5.51. The van der Waals surface area contributed by atoms with Gasteiger partial charge in [0.05, 0.1) is 18.5 Å². The third-order valence-corrected chi connectivity index (χ3v) is 3.98. The number of morpholine rings is 1. The van der Waals surface area contributed by atoms with Gasteiger partial charge in [-0.2, -0.15) is 0 Å². The molecule has 1 amide bonds. The molecule has 1 heterocycles. The van der Waals surface area contributed by atoms with E-state index in [1.807, 2.05) is 6.92 Å². The minimum absolute atomic E-state index is 0.0313. The summed E-state index contributed by atoms with van der Waals surface area (Å²) in [4.78, 5) is 14.4. The summed E-state index contributed by atoms with van der Waals surface area (Å²) in [5.74, 6) is -0.0478. The molecule has 1 aromatic carbocycles. The molecule has 2 N–H and O–H groups in total. The van der Waals surface area contributed by atoms with E-state index in [4.69, 9.17) is 10.5 Å². The SMILES string of the molecule is CC1CN(C(=O)CSc2cc(F)ccc2N)CCO1. The Morgan fingerprint density at radius 3 is 3.16 bits per heavy atom. The van der Waals surface area contributed by atoms with Gasteiger partial charge in [-0.25, -0.2) is 4.39 Å². The Hall–Kier alpha value is -1.27. The monoisotopic (exact) mass is 284 g/mol. The van der Waals surface area contributed by atoms with Crippen molar-refractivity contribution in [2.45, 2.75) is 17.9 Å². The van der Waals surface area contributed by atoms with E-state index in [0.29, 0.717) is 30.3 Å². The number of ether oxygens (including phenoxy) is 1. The number of anilines is 1. The van der Waals surface area contributed by atoms with E-state index in [-0.39, 0.29) is 23.6 Å². The minimum atomic E-state index is -0.343. The van der Waals surface area contributed by atoms with Crippen LogP contribution in [0, 0.1) is 5.82 Å². The zero-order chi connectivity index (χ0) is 13.8. The number of carbonyl (C=O) groups is 1. The first-order valence-electron chi connectivity index (χ1n) is 6.13. The van der Waals surface area contributed by atoms with Crippen LogP contribution in [-0.4, -0.2) is 42.4 Å². The molecule has 1 aromatic rings. The highest BCUT2D eigenvalue weighted by molar-refractivity contribution is 8.00. The van der Waals surface area contributed by atoms with Gasteiger partial charge in [-0.3, -0.25) is 4.79 Å². The molecule has 104 valence electrons. The van der Waals surface area contributed by atoms with Crippen LogP contribution >= 0.6 is 11.8 Å². The molecule has 4 nitrogen and oxygen atoms in total. The van der Waals surface area contributed by atoms with Gasteiger partial charge in [-0.15, -0.1) is 11.8 Å². The maximum Gasteiger partial charge on any atom is 0.233 e. The van der Waals surface area contributed by atoms with E-state index in [9.17, 15) is 9.18 Å². The lowest BCUT2D eigenvalue weighted by atomic mass is 10.3. The molecule has 1 unspecified atom stereocenters. The van der Waals surface area contributed by atoms with Crippen LogP contribution in [0.25, 0.3) is 0 Å². The lowest BCUT2D eigenvalue weighted by molar-refractivity contribution is -0.135. The summed E-state index contributed by atoms with van der Waals surface area (Å²) in [5.41, 5.74) is 6.24. The smallest absolute Gasteiger partial charge is 0.233 e. The standard InChI is InChI=1S/C13H17FN2O2S/c1-9-7-16(4-5-18-9)13(17)8-19-12-6-10(14)2-3-11(12)15/h2-3,6,9H,4-5,7-8,15H2,1H3. The minimum Gasteiger partial charge on any atom is -0.398 e. The maximum absolute atomic E-state index is 13.1. The topological polar surface area (TPSA) is 55.6 Å². The van der Waals surface area contributed by atoms with Crippen molar-refractivity contribution in [2.24, 2.45) is 0 Å². The molecule has 1 aliphatic heterocycles. The van der Waals surface area contributed by atoms with Crippen LogP contribution in [0.2, 0.25) is 0 Å². The number of hydrogen-bond acceptors (Lipinski definition) is 4. The van der Waals surface area contributed by atoms with Crippen molar-refractivity contribution in [1.29, 1.82) is 0 Å². The Morgan fingerprint density at radius 1 is 1.63 bits per heavy atom. The van der Waals surface area contributed by atoms with Gasteiger partial charge in [-0.1, -0.05) is 0 Å². The van der Waals surface area contributed by atoms with E-state index in [2.05, 4.69) is 0 Å². The largest absolute Gasteiger partial charge is 0.398 e. The third-order valence-electron chi connectivity index (χ3n) is 2.92. The molecule has 1 aliphatic rings. The number of carbonyl (C=O) groups excluding carboxylic acids is 1. The van der Waals surface area contributed by atoms with E-state index >= 15 is 0 Å². The number of hydrogen-bond donors (Lipinski definition) is 1. The molecule has 0 bridgehead atoms. The van der Waals surface area contributed by atoms with Crippen molar-refractivity contribution in [3.63, 3.8) is 0 Å². The van der Waals surface area contributed by atoms with Gasteiger partial charge in [0.15, 0.2) is 0 Å². The summed E-state index contributed by atoms with van der Waals surface area (Å²) < 4.78 is 18.5. The highest BCUT2D eigenvalue weighted by atomic mass is 32.2. The number of amides is 1. The number of halogens is 1. The lowest BCUT2D eigenvalue weighted by Gasteiger charge is -2.31. The first-order valence-corrected chi connectivity index (χ1v) is 7.12. The zero-order valence-electron chi connectivity index (χ0n) is 10.8. The summed E-state index contributed by atoms with van der Waals surface area (Å²) in [6.07, 6.45) is 0.0712. The summed E-state index contributed by atoms with van der Waals surface area (Å²) in [6, 6.07) is 4.18. The third kappa shape index (κ3) is 3.84. The molecule has 6 heteroatoms. The summed E-state index contributed by atoms with van der Waals surface area (Å²) >= 11 is 1.27. The van der Waals surface area contributed by atoms with Gasteiger partial charge < -0.3 is 15.4 Å². The molecule has 0 saturated carbocycles. The molecule has 1 atom stereocenters. The predicted molar refractivity (Wildman–Crippen MR) is 73.5 cm³/mol. The summed E-state index contributed by atoms with van der Waals surface area (Å²) in [7, 11) is 0. The normalized spacial score (nSPS) is 19.5. The molecule has 0 aliphatic carbocycles. The van der Waals surface area contributed by atoms with Crippen molar-refractivity contribution in [3.05, 3.63) is 24.0 Å². The van der Waals surface area contributed by atoms with Crippen LogP contribution in [-0.2, 0) is 9.53 Å². The summed E-state index contributed by atoms with van der Waals surface area (Å²) in [6.45, 7) is 3.73. The maximum atomic E-state index is 13.1. The molecule has 0 aromatic heterocycles. The molecule has 2 rings (SSSR count). The second kappa shape index (κ2) is 6.25. The van der Waals surface area contributed by atoms with Gasteiger partial charge >= 0.3 is 0 Å². The van der Waals surface area contributed by atoms with Crippen LogP contribution in [0.3, 0.4) is 0 Å². The summed E-state index contributed by atoms with van der Waals surface area (Å²) in [5, 5.41) is 0. The fourth-order valence-electron chi connectivity index (χ4n) is 1.91. The van der Waals surface area contributed by atoms with E-state index < -0.39 is 0 Å². The Balaban J connectivity index is 1.91. The molecule has 1 saturated heterocycles. The number of thioether (sulfide) groups is 1. The van der Waals surface area contributed by atoms with Crippen molar-refractivity contribution >= 4 is 23.4 Å². The molecular weight excluding hydrogens is 267 g/mol. The van der Waals surface area contributed by atoms with Gasteiger partial charge in [-0.05, 0) is 25.1 Å². The van der Waals surface area contributed by atoms with Crippen molar-refractivity contribution in [1.82, 2.24) is 4.90 Å². The zero-order valence-corrected chi connectivity index (χ0v) is 11.6. The molecule has 0 radical (unpaired) electrons.